The van der Waals surface area contributed by atoms with Crippen molar-refractivity contribution in [1.29, 1.82) is 0 Å². The van der Waals surface area contributed by atoms with Gasteiger partial charge < -0.3 is 5.32 Å². The summed E-state index contributed by atoms with van der Waals surface area (Å²) in [5, 5.41) is 2.77. The van der Waals surface area contributed by atoms with Crippen molar-refractivity contribution in [3.05, 3.63) is 24.3 Å². The van der Waals surface area contributed by atoms with Gasteiger partial charge in [0.25, 0.3) is 0 Å². The van der Waals surface area contributed by atoms with E-state index in [9.17, 15) is 13.2 Å². The molecule has 1 fully saturated rings. The summed E-state index contributed by atoms with van der Waals surface area (Å²) in [5.41, 5.74) is 0.613. The fourth-order valence-corrected chi connectivity index (χ4v) is 4.87. The number of piperidine rings is 1. The highest BCUT2D eigenvalue weighted by atomic mass is 32.2. The minimum absolute atomic E-state index is 0.0177. The van der Waals surface area contributed by atoms with Crippen LogP contribution < -0.4 is 5.32 Å². The summed E-state index contributed by atoms with van der Waals surface area (Å²) in [4.78, 5) is 12.0. The molecule has 2 rings (SSSR count). The van der Waals surface area contributed by atoms with Crippen molar-refractivity contribution in [1.82, 2.24) is 4.31 Å². The first kappa shape index (κ1) is 17.9. The van der Waals surface area contributed by atoms with Crippen LogP contribution in [0.4, 0.5) is 5.69 Å². The largest absolute Gasteiger partial charge is 0.326 e. The fraction of sp³-hybridized carbons (Fsp3) is 0.588. The van der Waals surface area contributed by atoms with E-state index < -0.39 is 10.0 Å². The molecular formula is C17H26N2O3S. The summed E-state index contributed by atoms with van der Waals surface area (Å²) in [7, 11) is -3.50. The van der Waals surface area contributed by atoms with Gasteiger partial charge in [-0.15, -0.1) is 0 Å². The Kier molecular flexibility index (Phi) is 5.47. The summed E-state index contributed by atoms with van der Waals surface area (Å²) in [5.74, 6) is -0.202. The van der Waals surface area contributed by atoms with E-state index in [4.69, 9.17) is 0 Å². The van der Waals surface area contributed by atoms with Crippen molar-refractivity contribution >= 4 is 21.6 Å². The molecule has 1 aromatic rings. The topological polar surface area (TPSA) is 66.5 Å². The minimum atomic E-state index is -3.50. The third-order valence-corrected chi connectivity index (χ3v) is 6.48. The van der Waals surface area contributed by atoms with Crippen LogP contribution in [0.15, 0.2) is 29.2 Å². The Labute approximate surface area is 139 Å². The van der Waals surface area contributed by atoms with E-state index in [0.717, 1.165) is 19.3 Å². The molecule has 1 aromatic carbocycles. The van der Waals surface area contributed by atoms with Gasteiger partial charge in [-0.25, -0.2) is 8.42 Å². The molecule has 0 radical (unpaired) electrons. The van der Waals surface area contributed by atoms with Crippen LogP contribution in [0.2, 0.25) is 0 Å². The second kappa shape index (κ2) is 7.01. The van der Waals surface area contributed by atoms with Gasteiger partial charge in [-0.05, 0) is 51.0 Å². The van der Waals surface area contributed by atoms with Crippen molar-refractivity contribution in [2.45, 2.75) is 63.9 Å². The van der Waals surface area contributed by atoms with Crippen LogP contribution in [0.1, 0.15) is 47.0 Å². The standard InChI is InChI=1S/C17H26N2O3S/c1-12(2)17(20)18-15-8-10-16(11-9-15)23(21,22)19-13(3)6-5-7-14(19)4/h8-14H,5-7H2,1-4H3,(H,18,20)/t13-,14+. The lowest BCUT2D eigenvalue weighted by Crippen LogP contribution is -2.47. The Hall–Kier alpha value is -1.40. The first-order valence-corrected chi connectivity index (χ1v) is 9.62. The molecule has 1 amide bonds. The van der Waals surface area contributed by atoms with Crippen LogP contribution in [0, 0.1) is 5.92 Å². The van der Waals surface area contributed by atoms with Gasteiger partial charge in [0.2, 0.25) is 15.9 Å². The van der Waals surface area contributed by atoms with Gasteiger partial charge in [0.1, 0.15) is 0 Å². The van der Waals surface area contributed by atoms with Gasteiger partial charge >= 0.3 is 0 Å². The van der Waals surface area contributed by atoms with Crippen molar-refractivity contribution < 1.29 is 13.2 Å². The van der Waals surface area contributed by atoms with E-state index in [2.05, 4.69) is 5.32 Å². The highest BCUT2D eigenvalue weighted by Crippen LogP contribution is 2.29. The van der Waals surface area contributed by atoms with E-state index in [1.807, 2.05) is 27.7 Å². The van der Waals surface area contributed by atoms with Crippen LogP contribution in [-0.2, 0) is 14.8 Å². The number of carbonyl (C=O) groups excluding carboxylic acids is 1. The number of anilines is 1. The summed E-state index contributed by atoms with van der Waals surface area (Å²) >= 11 is 0. The summed E-state index contributed by atoms with van der Waals surface area (Å²) in [6.07, 6.45) is 2.85. The van der Waals surface area contributed by atoms with Gasteiger partial charge in [-0.2, -0.15) is 4.31 Å². The molecule has 0 saturated carbocycles. The van der Waals surface area contributed by atoms with Crippen molar-refractivity contribution in [3.8, 4) is 0 Å². The molecule has 2 atom stereocenters. The number of hydrogen-bond donors (Lipinski definition) is 1. The van der Waals surface area contributed by atoms with Crippen LogP contribution in [0.5, 0.6) is 0 Å². The smallest absolute Gasteiger partial charge is 0.243 e. The van der Waals surface area contributed by atoms with Gasteiger partial charge in [0.15, 0.2) is 0 Å². The molecule has 0 aromatic heterocycles. The second-order valence-electron chi connectivity index (χ2n) is 6.63. The van der Waals surface area contributed by atoms with Gasteiger partial charge in [-0.1, -0.05) is 20.3 Å². The number of sulfonamides is 1. The maximum absolute atomic E-state index is 12.9. The number of benzene rings is 1. The molecule has 128 valence electrons. The van der Waals surface area contributed by atoms with Crippen LogP contribution in [0.3, 0.4) is 0 Å². The molecule has 0 bridgehead atoms. The van der Waals surface area contributed by atoms with Crippen molar-refractivity contribution in [3.63, 3.8) is 0 Å². The molecule has 1 aliphatic heterocycles. The van der Waals surface area contributed by atoms with Gasteiger partial charge in [0, 0.05) is 23.7 Å². The Morgan fingerprint density at radius 3 is 2.13 bits per heavy atom. The Balaban J connectivity index is 2.22. The molecule has 1 heterocycles. The summed E-state index contributed by atoms with van der Waals surface area (Å²) in [6.45, 7) is 7.55. The molecule has 1 aliphatic rings. The molecule has 6 heteroatoms. The van der Waals surface area contributed by atoms with E-state index in [1.54, 1.807) is 28.6 Å². The second-order valence-corrected chi connectivity index (χ2v) is 8.48. The molecule has 1 saturated heterocycles. The average Bonchev–Trinajstić information content (AvgIpc) is 2.47. The average molecular weight is 338 g/mol. The third kappa shape index (κ3) is 3.93. The Bertz CT molecular complexity index is 643. The van der Waals surface area contributed by atoms with Crippen molar-refractivity contribution in [2.75, 3.05) is 5.32 Å². The monoisotopic (exact) mass is 338 g/mol. The molecule has 0 spiro atoms. The number of nitrogens with one attached hydrogen (secondary N) is 1. The first-order chi connectivity index (χ1) is 10.7. The van der Waals surface area contributed by atoms with Crippen LogP contribution >= 0.6 is 0 Å². The maximum atomic E-state index is 12.9. The quantitative estimate of drug-likeness (QED) is 0.916. The zero-order valence-electron chi connectivity index (χ0n) is 14.2. The van der Waals surface area contributed by atoms with Gasteiger partial charge in [0.05, 0.1) is 4.90 Å². The zero-order valence-corrected chi connectivity index (χ0v) is 15.1. The number of hydrogen-bond acceptors (Lipinski definition) is 3. The Morgan fingerprint density at radius 2 is 1.65 bits per heavy atom. The van der Waals surface area contributed by atoms with E-state index in [1.165, 1.54) is 0 Å². The molecular weight excluding hydrogens is 312 g/mol. The lowest BCUT2D eigenvalue weighted by atomic mass is 10.0. The lowest BCUT2D eigenvalue weighted by Gasteiger charge is -2.37. The normalized spacial score (nSPS) is 23.0. The summed E-state index contributed by atoms with van der Waals surface area (Å²) in [6, 6.07) is 6.46. The predicted molar refractivity (Wildman–Crippen MR) is 91.7 cm³/mol. The SMILES string of the molecule is CC(C)C(=O)Nc1ccc(S(=O)(=O)N2[C@H](C)CCC[C@@H]2C)cc1. The maximum Gasteiger partial charge on any atom is 0.243 e. The van der Waals surface area contributed by atoms with Crippen LogP contribution in [-0.4, -0.2) is 30.7 Å². The number of rotatable bonds is 4. The highest BCUT2D eigenvalue weighted by molar-refractivity contribution is 7.89. The van der Waals surface area contributed by atoms with E-state index >= 15 is 0 Å². The lowest BCUT2D eigenvalue weighted by molar-refractivity contribution is -0.118. The number of nitrogens with zero attached hydrogens (tertiary/aromatic N) is 1. The van der Waals surface area contributed by atoms with Crippen molar-refractivity contribution in [2.24, 2.45) is 5.92 Å². The highest BCUT2D eigenvalue weighted by Gasteiger charge is 2.35. The van der Waals surface area contributed by atoms with E-state index in [-0.39, 0.29) is 28.8 Å². The number of amides is 1. The molecule has 0 aliphatic carbocycles. The fourth-order valence-electron chi connectivity index (χ4n) is 2.99. The molecule has 5 nitrogen and oxygen atoms in total. The minimum Gasteiger partial charge on any atom is -0.326 e. The molecule has 1 N–H and O–H groups in total. The first-order valence-electron chi connectivity index (χ1n) is 8.18. The Morgan fingerprint density at radius 1 is 1.13 bits per heavy atom. The summed E-state index contributed by atoms with van der Waals surface area (Å²) < 4.78 is 27.4. The third-order valence-electron chi connectivity index (χ3n) is 4.33. The zero-order chi connectivity index (χ0) is 17.2. The van der Waals surface area contributed by atoms with Crippen LogP contribution in [0.25, 0.3) is 0 Å². The van der Waals surface area contributed by atoms with E-state index in [0.29, 0.717) is 5.69 Å². The van der Waals surface area contributed by atoms with Gasteiger partial charge in [-0.3, -0.25) is 4.79 Å². The molecule has 23 heavy (non-hydrogen) atoms. The number of carbonyl (C=O) groups is 1. The predicted octanol–water partition coefficient (Wildman–Crippen LogP) is 3.23. The molecule has 0 unspecified atom stereocenters.